The summed E-state index contributed by atoms with van der Waals surface area (Å²) in [4.78, 5) is 17.7. The lowest BCUT2D eigenvalue weighted by Gasteiger charge is -2.14. The summed E-state index contributed by atoms with van der Waals surface area (Å²) in [7, 11) is 4.58. The fraction of sp³-hybridized carbons (Fsp3) is 0.222. The summed E-state index contributed by atoms with van der Waals surface area (Å²) in [6.07, 6.45) is 3.78. The van der Waals surface area contributed by atoms with E-state index in [1.54, 1.807) is 12.1 Å². The van der Waals surface area contributed by atoms with Gasteiger partial charge < -0.3 is 24.1 Å². The molecule has 0 aliphatic carbocycles. The van der Waals surface area contributed by atoms with E-state index in [9.17, 15) is 4.79 Å². The van der Waals surface area contributed by atoms with Gasteiger partial charge in [0, 0.05) is 30.2 Å². The largest absolute Gasteiger partial charge is 0.493 e. The standard InChI is InChI=1S/C18H19N3O4S/c1-11-16(26-18(19-11)21-7-5-6-8-21)17(22)20-12-9-13(23-2)15(25-4)14(10-12)24-3/h5-10H,1-4H3,(H,20,22). The smallest absolute Gasteiger partial charge is 0.267 e. The normalized spacial score (nSPS) is 10.5. The van der Waals surface area contributed by atoms with Crippen molar-refractivity contribution in [3.63, 3.8) is 0 Å². The molecule has 2 aromatic heterocycles. The Hall–Kier alpha value is -3.00. The average Bonchev–Trinajstić information content (AvgIpc) is 3.30. The van der Waals surface area contributed by atoms with E-state index in [-0.39, 0.29) is 5.91 Å². The summed E-state index contributed by atoms with van der Waals surface area (Å²) < 4.78 is 17.8. The molecule has 0 atom stereocenters. The second-order valence-corrected chi connectivity index (χ2v) is 6.35. The van der Waals surface area contributed by atoms with Gasteiger partial charge in [0.05, 0.1) is 27.0 Å². The first-order valence-electron chi connectivity index (χ1n) is 7.79. The van der Waals surface area contributed by atoms with Gasteiger partial charge in [-0.3, -0.25) is 4.79 Å². The van der Waals surface area contributed by atoms with Crippen molar-refractivity contribution >= 4 is 22.9 Å². The molecular weight excluding hydrogens is 354 g/mol. The van der Waals surface area contributed by atoms with E-state index in [1.165, 1.54) is 32.7 Å². The molecule has 0 aliphatic rings. The molecule has 0 aliphatic heterocycles. The van der Waals surface area contributed by atoms with Crippen molar-refractivity contribution < 1.29 is 19.0 Å². The maximum Gasteiger partial charge on any atom is 0.267 e. The third-order valence-corrected chi connectivity index (χ3v) is 4.91. The highest BCUT2D eigenvalue weighted by molar-refractivity contribution is 7.16. The monoisotopic (exact) mass is 373 g/mol. The van der Waals surface area contributed by atoms with Crippen molar-refractivity contribution in [2.24, 2.45) is 0 Å². The van der Waals surface area contributed by atoms with Crippen LogP contribution in [0.4, 0.5) is 5.69 Å². The molecule has 1 aromatic carbocycles. The molecule has 0 fully saturated rings. The molecule has 2 heterocycles. The van der Waals surface area contributed by atoms with Crippen LogP contribution in [0.5, 0.6) is 17.2 Å². The first-order chi connectivity index (χ1) is 12.6. The van der Waals surface area contributed by atoms with Crippen molar-refractivity contribution in [1.82, 2.24) is 9.55 Å². The fourth-order valence-corrected chi connectivity index (χ4v) is 3.44. The van der Waals surface area contributed by atoms with E-state index in [0.29, 0.717) is 33.5 Å². The number of methoxy groups -OCH3 is 3. The van der Waals surface area contributed by atoms with Crippen LogP contribution in [0.25, 0.3) is 5.13 Å². The van der Waals surface area contributed by atoms with E-state index in [1.807, 2.05) is 36.0 Å². The number of benzene rings is 1. The zero-order chi connectivity index (χ0) is 18.7. The van der Waals surface area contributed by atoms with Crippen LogP contribution in [0.15, 0.2) is 36.7 Å². The Morgan fingerprint density at radius 1 is 1.08 bits per heavy atom. The first kappa shape index (κ1) is 17.8. The third-order valence-electron chi connectivity index (χ3n) is 3.74. The maximum absolute atomic E-state index is 12.7. The van der Waals surface area contributed by atoms with E-state index in [4.69, 9.17) is 14.2 Å². The van der Waals surface area contributed by atoms with Gasteiger partial charge in [0.15, 0.2) is 16.6 Å². The summed E-state index contributed by atoms with van der Waals surface area (Å²) in [5, 5.41) is 3.60. The third kappa shape index (κ3) is 3.36. The molecule has 3 aromatic rings. The molecule has 3 rings (SSSR count). The number of carbonyl (C=O) groups excluding carboxylic acids is 1. The van der Waals surface area contributed by atoms with Crippen LogP contribution in [-0.2, 0) is 0 Å². The molecule has 136 valence electrons. The first-order valence-corrected chi connectivity index (χ1v) is 8.61. The van der Waals surface area contributed by atoms with E-state index < -0.39 is 0 Å². The zero-order valence-electron chi connectivity index (χ0n) is 14.9. The quantitative estimate of drug-likeness (QED) is 0.716. The van der Waals surface area contributed by atoms with Crippen LogP contribution < -0.4 is 19.5 Å². The molecule has 7 nitrogen and oxygen atoms in total. The maximum atomic E-state index is 12.7. The van der Waals surface area contributed by atoms with Gasteiger partial charge in [-0.1, -0.05) is 11.3 Å². The molecule has 1 N–H and O–H groups in total. The predicted molar refractivity (Wildman–Crippen MR) is 100 cm³/mol. The lowest BCUT2D eigenvalue weighted by molar-refractivity contribution is 0.103. The Kier molecular flexibility index (Phi) is 5.13. The Morgan fingerprint density at radius 2 is 1.69 bits per heavy atom. The van der Waals surface area contributed by atoms with Crippen LogP contribution in [0.3, 0.4) is 0 Å². The van der Waals surface area contributed by atoms with E-state index >= 15 is 0 Å². The number of carbonyl (C=O) groups is 1. The van der Waals surface area contributed by atoms with Gasteiger partial charge >= 0.3 is 0 Å². The number of nitrogens with zero attached hydrogens (tertiary/aromatic N) is 2. The molecule has 0 spiro atoms. The van der Waals surface area contributed by atoms with Gasteiger partial charge in [0.2, 0.25) is 5.75 Å². The average molecular weight is 373 g/mol. The van der Waals surface area contributed by atoms with Crippen LogP contribution in [0.1, 0.15) is 15.4 Å². The summed E-state index contributed by atoms with van der Waals surface area (Å²) in [6, 6.07) is 7.18. The number of rotatable bonds is 6. The van der Waals surface area contributed by atoms with Crippen molar-refractivity contribution in [3.8, 4) is 22.4 Å². The lowest BCUT2D eigenvalue weighted by Crippen LogP contribution is -2.12. The second kappa shape index (κ2) is 7.49. The highest BCUT2D eigenvalue weighted by Crippen LogP contribution is 2.40. The number of aromatic nitrogens is 2. The molecule has 0 bridgehead atoms. The van der Waals surface area contributed by atoms with Crippen LogP contribution in [0, 0.1) is 6.92 Å². The van der Waals surface area contributed by atoms with Crippen molar-refractivity contribution in [2.45, 2.75) is 6.92 Å². The second-order valence-electron chi connectivity index (χ2n) is 5.37. The minimum Gasteiger partial charge on any atom is -0.493 e. The molecule has 1 amide bonds. The number of anilines is 1. The fourth-order valence-electron chi connectivity index (χ4n) is 2.51. The Bertz CT molecular complexity index is 894. The Morgan fingerprint density at radius 3 is 2.23 bits per heavy atom. The number of ether oxygens (including phenoxy) is 3. The van der Waals surface area contributed by atoms with E-state index in [2.05, 4.69) is 10.3 Å². The summed E-state index contributed by atoms with van der Waals surface area (Å²) in [6.45, 7) is 1.81. The van der Waals surface area contributed by atoms with Crippen molar-refractivity contribution in [3.05, 3.63) is 47.2 Å². The predicted octanol–water partition coefficient (Wildman–Crippen LogP) is 3.52. The Labute approximate surface area is 155 Å². The molecule has 0 saturated carbocycles. The van der Waals surface area contributed by atoms with Crippen LogP contribution in [-0.4, -0.2) is 36.8 Å². The summed E-state index contributed by atoms with van der Waals surface area (Å²) in [5.74, 6) is 1.16. The zero-order valence-corrected chi connectivity index (χ0v) is 15.7. The summed E-state index contributed by atoms with van der Waals surface area (Å²) in [5.41, 5.74) is 1.21. The van der Waals surface area contributed by atoms with E-state index in [0.717, 1.165) is 5.13 Å². The number of amides is 1. The van der Waals surface area contributed by atoms with Crippen LogP contribution >= 0.6 is 11.3 Å². The summed E-state index contributed by atoms with van der Waals surface area (Å²) >= 11 is 1.32. The Balaban J connectivity index is 1.89. The van der Waals surface area contributed by atoms with Gasteiger partial charge in [-0.25, -0.2) is 4.98 Å². The number of hydrogen-bond acceptors (Lipinski definition) is 6. The van der Waals surface area contributed by atoms with Gasteiger partial charge in [-0.2, -0.15) is 0 Å². The van der Waals surface area contributed by atoms with Gasteiger partial charge in [0.25, 0.3) is 5.91 Å². The molecule has 0 radical (unpaired) electrons. The molecule has 0 unspecified atom stereocenters. The van der Waals surface area contributed by atoms with Crippen molar-refractivity contribution in [1.29, 1.82) is 0 Å². The molecule has 8 heteroatoms. The molecule has 26 heavy (non-hydrogen) atoms. The number of nitrogens with one attached hydrogen (secondary N) is 1. The number of hydrogen-bond donors (Lipinski definition) is 1. The number of aryl methyl sites for hydroxylation is 1. The molecule has 0 saturated heterocycles. The number of thiazole rings is 1. The van der Waals surface area contributed by atoms with Gasteiger partial charge in [-0.15, -0.1) is 0 Å². The van der Waals surface area contributed by atoms with Crippen molar-refractivity contribution in [2.75, 3.05) is 26.6 Å². The SMILES string of the molecule is COc1cc(NC(=O)c2sc(-n3cccc3)nc2C)cc(OC)c1OC. The van der Waals surface area contributed by atoms with Crippen LogP contribution in [0.2, 0.25) is 0 Å². The highest BCUT2D eigenvalue weighted by Gasteiger charge is 2.19. The minimum atomic E-state index is -0.243. The van der Waals surface area contributed by atoms with Gasteiger partial charge in [-0.05, 0) is 19.1 Å². The minimum absolute atomic E-state index is 0.243. The lowest BCUT2D eigenvalue weighted by atomic mass is 10.2. The topological polar surface area (TPSA) is 74.6 Å². The van der Waals surface area contributed by atoms with Gasteiger partial charge in [0.1, 0.15) is 4.88 Å². The highest BCUT2D eigenvalue weighted by atomic mass is 32.1. The molecular formula is C18H19N3O4S.